The van der Waals surface area contributed by atoms with E-state index >= 15 is 0 Å². The van der Waals surface area contributed by atoms with Crippen LogP contribution in [0.4, 0.5) is 0 Å². The number of amides is 1. The molecule has 3 heteroatoms. The van der Waals surface area contributed by atoms with Crippen molar-refractivity contribution in [1.82, 2.24) is 9.80 Å². The summed E-state index contributed by atoms with van der Waals surface area (Å²) < 4.78 is 0. The van der Waals surface area contributed by atoms with Crippen LogP contribution in [0.1, 0.15) is 44.2 Å². The number of rotatable bonds is 7. The van der Waals surface area contributed by atoms with Crippen molar-refractivity contribution >= 4 is 5.91 Å². The number of nitrogens with zero attached hydrogens (tertiary/aromatic N) is 2. The fraction of sp³-hybridized carbons (Fsp3) is 0.650. The Hall–Kier alpha value is -1.35. The number of hydrogen-bond donors (Lipinski definition) is 0. The molecule has 0 radical (unpaired) electrons. The Morgan fingerprint density at radius 1 is 1.13 bits per heavy atom. The standard InChI is InChI=1S/C20H32N2O/c1-4-21(5-2)16-20(23)22-14-12-19(13-15-22)11-10-18-8-6-17(3)7-9-18/h6-9,19H,4-5,10-16H2,1-3H3. The van der Waals surface area contributed by atoms with E-state index in [1.165, 1.54) is 24.0 Å². The third-order valence-corrected chi connectivity index (χ3v) is 5.18. The minimum atomic E-state index is 0.311. The van der Waals surface area contributed by atoms with Crippen LogP contribution in [0.15, 0.2) is 24.3 Å². The van der Waals surface area contributed by atoms with E-state index in [1.807, 2.05) is 0 Å². The quantitative estimate of drug-likeness (QED) is 0.768. The van der Waals surface area contributed by atoms with Crippen molar-refractivity contribution in [3.63, 3.8) is 0 Å². The molecule has 0 saturated carbocycles. The van der Waals surface area contributed by atoms with Crippen molar-refractivity contribution in [2.24, 2.45) is 5.92 Å². The topological polar surface area (TPSA) is 23.6 Å². The van der Waals surface area contributed by atoms with Gasteiger partial charge >= 0.3 is 0 Å². The molecule has 1 aromatic carbocycles. The highest BCUT2D eigenvalue weighted by atomic mass is 16.2. The Bertz CT molecular complexity index is 471. The number of piperidine rings is 1. The van der Waals surface area contributed by atoms with Crippen LogP contribution in [0.5, 0.6) is 0 Å². The van der Waals surface area contributed by atoms with Crippen LogP contribution in [-0.2, 0) is 11.2 Å². The molecule has 1 aliphatic rings. The zero-order valence-corrected chi connectivity index (χ0v) is 15.1. The maximum absolute atomic E-state index is 12.3. The summed E-state index contributed by atoms with van der Waals surface area (Å²) in [4.78, 5) is 16.6. The van der Waals surface area contributed by atoms with E-state index in [1.54, 1.807) is 0 Å². The number of carbonyl (C=O) groups excluding carboxylic acids is 1. The van der Waals surface area contributed by atoms with Crippen LogP contribution < -0.4 is 0 Å². The highest BCUT2D eigenvalue weighted by molar-refractivity contribution is 5.78. The summed E-state index contributed by atoms with van der Waals surface area (Å²) in [6, 6.07) is 8.89. The van der Waals surface area contributed by atoms with Crippen LogP contribution in [0.25, 0.3) is 0 Å². The van der Waals surface area contributed by atoms with Gasteiger partial charge in [0, 0.05) is 13.1 Å². The molecule has 3 nitrogen and oxygen atoms in total. The number of benzene rings is 1. The zero-order valence-electron chi connectivity index (χ0n) is 15.1. The summed E-state index contributed by atoms with van der Waals surface area (Å²) in [5, 5.41) is 0. The monoisotopic (exact) mass is 316 g/mol. The summed E-state index contributed by atoms with van der Waals surface area (Å²) in [5.74, 6) is 1.08. The SMILES string of the molecule is CCN(CC)CC(=O)N1CCC(CCc2ccc(C)cc2)CC1. The molecular formula is C20H32N2O. The van der Waals surface area contributed by atoms with Crippen LogP contribution in [0.3, 0.4) is 0 Å². The first-order chi connectivity index (χ1) is 11.1. The van der Waals surface area contributed by atoms with Crippen molar-refractivity contribution in [3.05, 3.63) is 35.4 Å². The number of hydrogen-bond acceptors (Lipinski definition) is 2. The van der Waals surface area contributed by atoms with E-state index in [4.69, 9.17) is 0 Å². The summed E-state index contributed by atoms with van der Waals surface area (Å²) in [5.41, 5.74) is 2.77. The van der Waals surface area contributed by atoms with Crippen LogP contribution in [0, 0.1) is 12.8 Å². The molecule has 128 valence electrons. The molecule has 23 heavy (non-hydrogen) atoms. The van der Waals surface area contributed by atoms with Crippen molar-refractivity contribution in [3.8, 4) is 0 Å². The third-order valence-electron chi connectivity index (χ3n) is 5.18. The molecule has 1 heterocycles. The zero-order chi connectivity index (χ0) is 16.7. The predicted molar refractivity (Wildman–Crippen MR) is 96.6 cm³/mol. The molecule has 0 aromatic heterocycles. The van der Waals surface area contributed by atoms with Crippen molar-refractivity contribution < 1.29 is 4.79 Å². The second kappa shape index (κ2) is 9.07. The lowest BCUT2D eigenvalue weighted by Gasteiger charge is -2.33. The Morgan fingerprint density at radius 2 is 1.74 bits per heavy atom. The third kappa shape index (κ3) is 5.65. The smallest absolute Gasteiger partial charge is 0.236 e. The fourth-order valence-corrected chi connectivity index (χ4v) is 3.34. The second-order valence-electron chi connectivity index (χ2n) is 6.81. The number of carbonyl (C=O) groups is 1. The minimum absolute atomic E-state index is 0.311. The summed E-state index contributed by atoms with van der Waals surface area (Å²) in [6.45, 7) is 10.7. The maximum atomic E-state index is 12.3. The first-order valence-electron chi connectivity index (χ1n) is 9.18. The van der Waals surface area contributed by atoms with Gasteiger partial charge in [-0.05, 0) is 57.2 Å². The van der Waals surface area contributed by atoms with Gasteiger partial charge < -0.3 is 4.90 Å². The average molecular weight is 316 g/mol. The normalized spacial score (nSPS) is 16.1. The lowest BCUT2D eigenvalue weighted by molar-refractivity contribution is -0.133. The molecular weight excluding hydrogens is 284 g/mol. The highest BCUT2D eigenvalue weighted by Crippen LogP contribution is 2.22. The Morgan fingerprint density at radius 3 is 2.30 bits per heavy atom. The van der Waals surface area contributed by atoms with Crippen molar-refractivity contribution in [1.29, 1.82) is 0 Å². The molecule has 1 aliphatic heterocycles. The van der Waals surface area contributed by atoms with Gasteiger partial charge in [0.1, 0.15) is 0 Å². The fourth-order valence-electron chi connectivity index (χ4n) is 3.34. The van der Waals surface area contributed by atoms with Gasteiger partial charge in [0.05, 0.1) is 6.54 Å². The lowest BCUT2D eigenvalue weighted by atomic mass is 9.90. The van der Waals surface area contributed by atoms with Gasteiger partial charge in [-0.3, -0.25) is 9.69 Å². The summed E-state index contributed by atoms with van der Waals surface area (Å²) in [6.07, 6.45) is 4.74. The Labute approximate surface area is 141 Å². The minimum Gasteiger partial charge on any atom is -0.342 e. The number of likely N-dealkylation sites (tertiary alicyclic amines) is 1. The van der Waals surface area contributed by atoms with E-state index in [9.17, 15) is 4.79 Å². The van der Waals surface area contributed by atoms with Crippen molar-refractivity contribution in [2.75, 3.05) is 32.7 Å². The van der Waals surface area contributed by atoms with Gasteiger partial charge in [-0.1, -0.05) is 43.7 Å². The molecule has 1 aromatic rings. The predicted octanol–water partition coefficient (Wildman–Crippen LogP) is 3.51. The van der Waals surface area contributed by atoms with Gasteiger partial charge in [-0.15, -0.1) is 0 Å². The van der Waals surface area contributed by atoms with Gasteiger partial charge in [-0.2, -0.15) is 0 Å². The van der Waals surface area contributed by atoms with Crippen LogP contribution in [-0.4, -0.2) is 48.4 Å². The van der Waals surface area contributed by atoms with E-state index in [-0.39, 0.29) is 0 Å². The maximum Gasteiger partial charge on any atom is 0.236 e. The molecule has 0 unspecified atom stereocenters. The molecule has 1 amide bonds. The van der Waals surface area contributed by atoms with Gasteiger partial charge in [0.25, 0.3) is 0 Å². The first kappa shape index (κ1) is 18.0. The van der Waals surface area contributed by atoms with Gasteiger partial charge in [0.2, 0.25) is 5.91 Å². The molecule has 0 aliphatic carbocycles. The Balaban J connectivity index is 1.71. The molecule has 0 bridgehead atoms. The first-order valence-corrected chi connectivity index (χ1v) is 9.18. The number of likely N-dealkylation sites (N-methyl/N-ethyl adjacent to an activating group) is 1. The summed E-state index contributed by atoms with van der Waals surface area (Å²) in [7, 11) is 0. The second-order valence-corrected chi connectivity index (χ2v) is 6.81. The van der Waals surface area contributed by atoms with Gasteiger partial charge in [0.15, 0.2) is 0 Å². The molecule has 0 spiro atoms. The molecule has 2 rings (SSSR count). The molecule has 1 saturated heterocycles. The van der Waals surface area contributed by atoms with E-state index in [2.05, 4.69) is 54.8 Å². The average Bonchev–Trinajstić information content (AvgIpc) is 2.59. The van der Waals surface area contributed by atoms with E-state index < -0.39 is 0 Å². The van der Waals surface area contributed by atoms with Crippen molar-refractivity contribution in [2.45, 2.75) is 46.5 Å². The Kier molecular flexibility index (Phi) is 7.10. The van der Waals surface area contributed by atoms with Gasteiger partial charge in [-0.25, -0.2) is 0 Å². The molecule has 1 fully saturated rings. The van der Waals surface area contributed by atoms with Crippen LogP contribution in [0.2, 0.25) is 0 Å². The molecule has 0 N–H and O–H groups in total. The van der Waals surface area contributed by atoms with Crippen LogP contribution >= 0.6 is 0 Å². The van der Waals surface area contributed by atoms with E-state index in [0.717, 1.165) is 44.9 Å². The largest absolute Gasteiger partial charge is 0.342 e. The number of aryl methyl sites for hydroxylation is 2. The highest BCUT2D eigenvalue weighted by Gasteiger charge is 2.23. The lowest BCUT2D eigenvalue weighted by Crippen LogP contribution is -2.44. The summed E-state index contributed by atoms with van der Waals surface area (Å²) >= 11 is 0. The van der Waals surface area contributed by atoms with E-state index in [0.29, 0.717) is 12.5 Å². The molecule has 0 atom stereocenters.